The third-order valence-electron chi connectivity index (χ3n) is 2.94. The van der Waals surface area contributed by atoms with Crippen LogP contribution in [0.1, 0.15) is 35.6 Å². The second-order valence-electron chi connectivity index (χ2n) is 5.43. The molecule has 22 heavy (non-hydrogen) atoms. The van der Waals surface area contributed by atoms with E-state index in [1.807, 2.05) is 39.8 Å². The third-order valence-corrected chi connectivity index (χ3v) is 3.18. The number of aryl methyl sites for hydroxylation is 2. The predicted molar refractivity (Wildman–Crippen MR) is 88.8 cm³/mol. The van der Waals surface area contributed by atoms with E-state index in [-0.39, 0.29) is 11.9 Å². The summed E-state index contributed by atoms with van der Waals surface area (Å²) in [6, 6.07) is 7.22. The Kier molecular flexibility index (Phi) is 4.98. The topological polar surface area (TPSA) is 66.9 Å². The maximum atomic E-state index is 12.1. The lowest BCUT2D eigenvalue weighted by molar-refractivity contribution is 0.0938. The molecule has 1 heterocycles. The van der Waals surface area contributed by atoms with Crippen LogP contribution in [0.25, 0.3) is 0 Å². The number of amides is 1. The molecule has 2 aromatic rings. The fourth-order valence-electron chi connectivity index (χ4n) is 1.96. The van der Waals surface area contributed by atoms with Gasteiger partial charge in [-0.2, -0.15) is 0 Å². The molecule has 0 saturated heterocycles. The quantitative estimate of drug-likeness (QED) is 0.903. The highest BCUT2D eigenvalue weighted by Gasteiger charge is 2.12. The standard InChI is InChI=1S/C16H19ClN4O/c1-9(2)18-15(22)14-8-11(4)19-16(21-14)20-13-6-5-12(17)7-10(13)3/h5-9H,1-4H3,(H,18,22)(H,19,20,21). The number of hydrogen-bond acceptors (Lipinski definition) is 4. The summed E-state index contributed by atoms with van der Waals surface area (Å²) in [6.45, 7) is 7.58. The molecule has 1 aromatic carbocycles. The summed E-state index contributed by atoms with van der Waals surface area (Å²) < 4.78 is 0. The molecule has 0 spiro atoms. The number of carbonyl (C=O) groups is 1. The first-order chi connectivity index (χ1) is 10.3. The molecular weight excluding hydrogens is 300 g/mol. The lowest BCUT2D eigenvalue weighted by Crippen LogP contribution is -2.31. The Morgan fingerprint density at radius 2 is 1.91 bits per heavy atom. The number of benzene rings is 1. The molecule has 0 unspecified atom stereocenters. The van der Waals surface area contributed by atoms with Crippen LogP contribution in [0.3, 0.4) is 0 Å². The van der Waals surface area contributed by atoms with Gasteiger partial charge in [0.2, 0.25) is 5.95 Å². The average molecular weight is 319 g/mol. The Hall–Kier alpha value is -2.14. The van der Waals surface area contributed by atoms with Gasteiger partial charge in [0.1, 0.15) is 5.69 Å². The summed E-state index contributed by atoms with van der Waals surface area (Å²) in [7, 11) is 0. The van der Waals surface area contributed by atoms with Crippen molar-refractivity contribution < 1.29 is 4.79 Å². The normalized spacial score (nSPS) is 10.6. The number of anilines is 2. The second kappa shape index (κ2) is 6.75. The highest BCUT2D eigenvalue weighted by Crippen LogP contribution is 2.22. The largest absolute Gasteiger partial charge is 0.349 e. The molecule has 1 amide bonds. The van der Waals surface area contributed by atoms with Crippen LogP contribution in [-0.2, 0) is 0 Å². The van der Waals surface area contributed by atoms with Gasteiger partial charge in [-0.05, 0) is 57.5 Å². The fraction of sp³-hybridized carbons (Fsp3) is 0.312. The van der Waals surface area contributed by atoms with Crippen LogP contribution in [0, 0.1) is 13.8 Å². The first kappa shape index (κ1) is 16.2. The van der Waals surface area contributed by atoms with Gasteiger partial charge in [-0.1, -0.05) is 11.6 Å². The summed E-state index contributed by atoms with van der Waals surface area (Å²) in [5.41, 5.74) is 2.89. The molecule has 0 bridgehead atoms. The van der Waals surface area contributed by atoms with Crippen molar-refractivity contribution in [2.45, 2.75) is 33.7 Å². The number of rotatable bonds is 4. The summed E-state index contributed by atoms with van der Waals surface area (Å²) in [5, 5.41) is 6.62. The zero-order chi connectivity index (χ0) is 16.3. The molecule has 1 aromatic heterocycles. The summed E-state index contributed by atoms with van der Waals surface area (Å²) in [4.78, 5) is 20.7. The molecule has 0 fully saturated rings. The van der Waals surface area contributed by atoms with Gasteiger partial charge in [0, 0.05) is 22.4 Å². The van der Waals surface area contributed by atoms with Gasteiger partial charge in [0.05, 0.1) is 0 Å². The van der Waals surface area contributed by atoms with E-state index in [9.17, 15) is 4.79 Å². The Balaban J connectivity index is 2.28. The van der Waals surface area contributed by atoms with Crippen molar-refractivity contribution in [1.29, 1.82) is 0 Å². The van der Waals surface area contributed by atoms with E-state index in [1.54, 1.807) is 12.1 Å². The molecule has 0 aliphatic carbocycles. The first-order valence-electron chi connectivity index (χ1n) is 7.05. The zero-order valence-corrected chi connectivity index (χ0v) is 13.8. The number of carbonyl (C=O) groups excluding carboxylic acids is 1. The molecule has 0 aliphatic heterocycles. The molecule has 0 saturated carbocycles. The van der Waals surface area contributed by atoms with Crippen molar-refractivity contribution in [3.63, 3.8) is 0 Å². The van der Waals surface area contributed by atoms with Crippen LogP contribution >= 0.6 is 11.6 Å². The summed E-state index contributed by atoms with van der Waals surface area (Å²) >= 11 is 5.95. The molecule has 0 aliphatic rings. The van der Waals surface area contributed by atoms with Crippen LogP contribution in [0.15, 0.2) is 24.3 Å². The Morgan fingerprint density at radius 1 is 1.18 bits per heavy atom. The Bertz CT molecular complexity index is 701. The van der Waals surface area contributed by atoms with Gasteiger partial charge in [-0.15, -0.1) is 0 Å². The molecule has 0 radical (unpaired) electrons. The van der Waals surface area contributed by atoms with Gasteiger partial charge in [-0.25, -0.2) is 9.97 Å². The number of hydrogen-bond donors (Lipinski definition) is 2. The maximum absolute atomic E-state index is 12.1. The van der Waals surface area contributed by atoms with Crippen molar-refractivity contribution in [3.05, 3.63) is 46.2 Å². The minimum Gasteiger partial charge on any atom is -0.349 e. The zero-order valence-electron chi connectivity index (χ0n) is 13.1. The lowest BCUT2D eigenvalue weighted by Gasteiger charge is -2.12. The van der Waals surface area contributed by atoms with Crippen LogP contribution in [0.2, 0.25) is 5.02 Å². The van der Waals surface area contributed by atoms with Crippen LogP contribution < -0.4 is 10.6 Å². The fourth-order valence-corrected chi connectivity index (χ4v) is 2.19. The van der Waals surface area contributed by atoms with E-state index in [1.165, 1.54) is 0 Å². The van der Waals surface area contributed by atoms with Gasteiger partial charge in [0.15, 0.2) is 0 Å². The molecular formula is C16H19ClN4O. The molecule has 2 rings (SSSR count). The van der Waals surface area contributed by atoms with E-state index in [0.29, 0.717) is 16.7 Å². The van der Waals surface area contributed by atoms with Crippen LogP contribution in [0.4, 0.5) is 11.6 Å². The molecule has 116 valence electrons. The van der Waals surface area contributed by atoms with Gasteiger partial charge in [0.25, 0.3) is 5.91 Å². The van der Waals surface area contributed by atoms with E-state index < -0.39 is 0 Å². The number of nitrogens with one attached hydrogen (secondary N) is 2. The number of nitrogens with zero attached hydrogens (tertiary/aromatic N) is 2. The van der Waals surface area contributed by atoms with Gasteiger partial charge in [-0.3, -0.25) is 4.79 Å². The van der Waals surface area contributed by atoms with Crippen molar-refractivity contribution in [2.24, 2.45) is 0 Å². The minimum atomic E-state index is -0.212. The molecule has 6 heteroatoms. The molecule has 0 atom stereocenters. The predicted octanol–water partition coefficient (Wildman–Crippen LogP) is 3.63. The van der Waals surface area contributed by atoms with E-state index in [4.69, 9.17) is 11.6 Å². The van der Waals surface area contributed by atoms with Crippen molar-refractivity contribution >= 4 is 29.1 Å². The van der Waals surface area contributed by atoms with Crippen molar-refractivity contribution in [2.75, 3.05) is 5.32 Å². The van der Waals surface area contributed by atoms with Gasteiger partial charge >= 0.3 is 0 Å². The van der Waals surface area contributed by atoms with Gasteiger partial charge < -0.3 is 10.6 Å². The smallest absolute Gasteiger partial charge is 0.270 e. The van der Waals surface area contributed by atoms with E-state index >= 15 is 0 Å². The van der Waals surface area contributed by atoms with Crippen LogP contribution in [0.5, 0.6) is 0 Å². The Labute approximate surface area is 135 Å². The Morgan fingerprint density at radius 3 is 2.55 bits per heavy atom. The monoisotopic (exact) mass is 318 g/mol. The number of halogens is 1. The van der Waals surface area contributed by atoms with E-state index in [2.05, 4.69) is 20.6 Å². The SMILES string of the molecule is Cc1cc(C(=O)NC(C)C)nc(Nc2ccc(Cl)cc2C)n1. The van der Waals surface area contributed by atoms with E-state index in [0.717, 1.165) is 16.9 Å². The van der Waals surface area contributed by atoms with Crippen LogP contribution in [-0.4, -0.2) is 21.9 Å². The second-order valence-corrected chi connectivity index (χ2v) is 5.87. The van der Waals surface area contributed by atoms with Crippen molar-refractivity contribution in [1.82, 2.24) is 15.3 Å². The lowest BCUT2D eigenvalue weighted by atomic mass is 10.2. The average Bonchev–Trinajstić information content (AvgIpc) is 2.40. The minimum absolute atomic E-state index is 0.0534. The van der Waals surface area contributed by atoms with Crippen molar-refractivity contribution in [3.8, 4) is 0 Å². The summed E-state index contributed by atoms with van der Waals surface area (Å²) in [6.07, 6.45) is 0. The highest BCUT2D eigenvalue weighted by molar-refractivity contribution is 6.30. The maximum Gasteiger partial charge on any atom is 0.270 e. The third kappa shape index (κ3) is 4.18. The first-order valence-corrected chi connectivity index (χ1v) is 7.42. The highest BCUT2D eigenvalue weighted by atomic mass is 35.5. The molecule has 2 N–H and O–H groups in total. The molecule has 5 nitrogen and oxygen atoms in total. The summed E-state index contributed by atoms with van der Waals surface area (Å²) in [5.74, 6) is 0.177. The number of aromatic nitrogens is 2.